The Bertz CT molecular complexity index is 583. The van der Waals surface area contributed by atoms with Crippen LogP contribution in [0.5, 0.6) is 0 Å². The maximum absolute atomic E-state index is 13.1. The quantitative estimate of drug-likeness (QED) is 0.845. The highest BCUT2D eigenvalue weighted by Gasteiger charge is 2.08. The van der Waals surface area contributed by atoms with Gasteiger partial charge in [-0.05, 0) is 45.8 Å². The van der Waals surface area contributed by atoms with Crippen LogP contribution >= 0.6 is 31.9 Å². The minimum absolute atomic E-state index is 0.239. The number of halogens is 3. The Labute approximate surface area is 120 Å². The topological polar surface area (TPSA) is 44.9 Å². The standard InChI is InChI=1S/C12H9Br2FN2O/c13-8-4-11(16-6-8)12(18)17-5-7-3-9(15)1-2-10(7)14/h1-4,6,16H,5H2,(H,17,18). The van der Waals surface area contributed by atoms with E-state index in [9.17, 15) is 9.18 Å². The number of aromatic amines is 1. The molecule has 1 aromatic heterocycles. The third-order valence-electron chi connectivity index (χ3n) is 2.34. The lowest BCUT2D eigenvalue weighted by Crippen LogP contribution is -2.23. The molecule has 0 spiro atoms. The van der Waals surface area contributed by atoms with Crippen LogP contribution in [0.1, 0.15) is 16.1 Å². The number of carbonyl (C=O) groups excluding carboxylic acids is 1. The Morgan fingerprint density at radius 1 is 1.33 bits per heavy atom. The Morgan fingerprint density at radius 3 is 2.78 bits per heavy atom. The van der Waals surface area contributed by atoms with Crippen LogP contribution in [0.15, 0.2) is 39.4 Å². The van der Waals surface area contributed by atoms with Crippen LogP contribution in [0, 0.1) is 5.82 Å². The van der Waals surface area contributed by atoms with Crippen molar-refractivity contribution in [1.29, 1.82) is 0 Å². The predicted molar refractivity (Wildman–Crippen MR) is 73.8 cm³/mol. The molecule has 0 aliphatic heterocycles. The summed E-state index contributed by atoms with van der Waals surface area (Å²) in [6.45, 7) is 0.258. The van der Waals surface area contributed by atoms with Crippen LogP contribution in [-0.2, 0) is 6.54 Å². The number of carbonyl (C=O) groups is 1. The van der Waals surface area contributed by atoms with Gasteiger partial charge in [0.1, 0.15) is 11.5 Å². The molecule has 0 aliphatic carbocycles. The van der Waals surface area contributed by atoms with Gasteiger partial charge in [0.15, 0.2) is 0 Å². The first-order chi connectivity index (χ1) is 8.56. The lowest BCUT2D eigenvalue weighted by molar-refractivity contribution is 0.0946. The average Bonchev–Trinajstić information content (AvgIpc) is 2.77. The second kappa shape index (κ2) is 5.67. The van der Waals surface area contributed by atoms with Crippen LogP contribution in [0.3, 0.4) is 0 Å². The zero-order valence-electron chi connectivity index (χ0n) is 9.14. The van der Waals surface area contributed by atoms with Gasteiger partial charge in [-0.2, -0.15) is 0 Å². The minimum Gasteiger partial charge on any atom is -0.356 e. The Hall–Kier alpha value is -1.14. The van der Waals surface area contributed by atoms with Gasteiger partial charge in [-0.25, -0.2) is 4.39 Å². The van der Waals surface area contributed by atoms with Gasteiger partial charge in [0.05, 0.1) is 0 Å². The molecule has 0 radical (unpaired) electrons. The number of H-pyrrole nitrogens is 1. The number of rotatable bonds is 3. The van der Waals surface area contributed by atoms with Gasteiger partial charge >= 0.3 is 0 Å². The van der Waals surface area contributed by atoms with Crippen molar-refractivity contribution in [3.63, 3.8) is 0 Å². The third-order valence-corrected chi connectivity index (χ3v) is 3.57. The Kier molecular flexibility index (Phi) is 4.19. The van der Waals surface area contributed by atoms with Crippen LogP contribution in [0.4, 0.5) is 4.39 Å². The van der Waals surface area contributed by atoms with Crippen LogP contribution in [0.25, 0.3) is 0 Å². The van der Waals surface area contributed by atoms with E-state index in [1.54, 1.807) is 18.3 Å². The predicted octanol–water partition coefficient (Wildman–Crippen LogP) is 3.61. The smallest absolute Gasteiger partial charge is 0.267 e. The molecule has 0 aliphatic rings. The lowest BCUT2D eigenvalue weighted by atomic mass is 10.2. The molecule has 2 rings (SSSR count). The summed E-state index contributed by atoms with van der Waals surface area (Å²) in [6.07, 6.45) is 1.67. The molecule has 2 N–H and O–H groups in total. The SMILES string of the molecule is O=C(NCc1cc(F)ccc1Br)c1cc(Br)c[nH]1. The zero-order chi connectivity index (χ0) is 13.1. The highest BCUT2D eigenvalue weighted by atomic mass is 79.9. The van der Waals surface area contributed by atoms with Crippen LogP contribution in [0.2, 0.25) is 0 Å². The van der Waals surface area contributed by atoms with Gasteiger partial charge in [0.2, 0.25) is 0 Å². The molecule has 1 aromatic carbocycles. The van der Waals surface area contributed by atoms with E-state index in [2.05, 4.69) is 42.2 Å². The van der Waals surface area contributed by atoms with E-state index in [-0.39, 0.29) is 18.3 Å². The third kappa shape index (κ3) is 3.20. The normalized spacial score (nSPS) is 10.4. The monoisotopic (exact) mass is 374 g/mol. The highest BCUT2D eigenvalue weighted by Crippen LogP contribution is 2.18. The molecule has 6 heteroatoms. The Morgan fingerprint density at radius 2 is 2.11 bits per heavy atom. The summed E-state index contributed by atoms with van der Waals surface area (Å²) in [5, 5.41) is 2.71. The van der Waals surface area contributed by atoms with Crippen molar-refractivity contribution in [2.75, 3.05) is 0 Å². The molecule has 94 valence electrons. The number of amides is 1. The van der Waals surface area contributed by atoms with Crippen LogP contribution < -0.4 is 5.32 Å². The largest absolute Gasteiger partial charge is 0.356 e. The van der Waals surface area contributed by atoms with E-state index in [0.29, 0.717) is 11.3 Å². The molecule has 3 nitrogen and oxygen atoms in total. The highest BCUT2D eigenvalue weighted by molar-refractivity contribution is 9.10. The fourth-order valence-corrected chi connectivity index (χ4v) is 2.18. The molecular weight excluding hydrogens is 367 g/mol. The molecule has 1 amide bonds. The number of aromatic nitrogens is 1. The first-order valence-electron chi connectivity index (χ1n) is 5.12. The first-order valence-corrected chi connectivity index (χ1v) is 6.71. The van der Waals surface area contributed by atoms with E-state index in [1.165, 1.54) is 12.1 Å². The molecule has 0 atom stereocenters. The summed E-state index contributed by atoms with van der Waals surface area (Å²) in [5.74, 6) is -0.568. The summed E-state index contributed by atoms with van der Waals surface area (Å²) >= 11 is 6.56. The number of hydrogen-bond donors (Lipinski definition) is 2. The molecule has 1 heterocycles. The number of nitrogens with one attached hydrogen (secondary N) is 2. The van der Waals surface area contributed by atoms with Crippen molar-refractivity contribution in [2.24, 2.45) is 0 Å². The number of benzene rings is 1. The van der Waals surface area contributed by atoms with Gasteiger partial charge in [-0.3, -0.25) is 4.79 Å². The molecule has 0 unspecified atom stereocenters. The first kappa shape index (κ1) is 13.3. The maximum atomic E-state index is 13.1. The molecule has 18 heavy (non-hydrogen) atoms. The lowest BCUT2D eigenvalue weighted by Gasteiger charge is -2.06. The molecule has 0 saturated carbocycles. The van der Waals surface area contributed by atoms with E-state index in [0.717, 1.165) is 8.95 Å². The summed E-state index contributed by atoms with van der Waals surface area (Å²) in [6, 6.07) is 6.03. The van der Waals surface area contributed by atoms with Crippen LogP contribution in [-0.4, -0.2) is 10.9 Å². The van der Waals surface area contributed by atoms with Crippen molar-refractivity contribution >= 4 is 37.8 Å². The van der Waals surface area contributed by atoms with Gasteiger partial charge in [-0.15, -0.1) is 0 Å². The summed E-state index contributed by atoms with van der Waals surface area (Å²) in [5.41, 5.74) is 1.14. The van der Waals surface area contributed by atoms with Crippen molar-refractivity contribution < 1.29 is 9.18 Å². The van der Waals surface area contributed by atoms with Crippen molar-refractivity contribution in [1.82, 2.24) is 10.3 Å². The fraction of sp³-hybridized carbons (Fsp3) is 0.0833. The molecular formula is C12H9Br2FN2O. The summed E-state index contributed by atoms with van der Waals surface area (Å²) < 4.78 is 14.6. The van der Waals surface area contributed by atoms with E-state index in [1.807, 2.05) is 0 Å². The molecule has 0 saturated heterocycles. The zero-order valence-corrected chi connectivity index (χ0v) is 12.3. The van der Waals surface area contributed by atoms with Crippen molar-refractivity contribution in [2.45, 2.75) is 6.54 Å². The Balaban J connectivity index is 2.03. The van der Waals surface area contributed by atoms with E-state index >= 15 is 0 Å². The summed E-state index contributed by atoms with van der Waals surface area (Å²) in [4.78, 5) is 14.6. The molecule has 0 fully saturated rings. The molecule has 0 bridgehead atoms. The van der Waals surface area contributed by atoms with E-state index < -0.39 is 0 Å². The average molecular weight is 376 g/mol. The van der Waals surface area contributed by atoms with Crippen molar-refractivity contribution in [3.8, 4) is 0 Å². The van der Waals surface area contributed by atoms with Gasteiger partial charge in [0.25, 0.3) is 5.91 Å². The van der Waals surface area contributed by atoms with E-state index in [4.69, 9.17) is 0 Å². The number of hydrogen-bond acceptors (Lipinski definition) is 1. The maximum Gasteiger partial charge on any atom is 0.267 e. The van der Waals surface area contributed by atoms with Gasteiger partial charge in [0, 0.05) is 21.7 Å². The molecule has 2 aromatic rings. The van der Waals surface area contributed by atoms with Gasteiger partial charge < -0.3 is 10.3 Å². The van der Waals surface area contributed by atoms with Gasteiger partial charge in [-0.1, -0.05) is 15.9 Å². The minimum atomic E-state index is -0.329. The summed E-state index contributed by atoms with van der Waals surface area (Å²) in [7, 11) is 0. The second-order valence-corrected chi connectivity index (χ2v) is 5.42. The second-order valence-electron chi connectivity index (χ2n) is 3.65. The fourth-order valence-electron chi connectivity index (χ4n) is 1.45. The van der Waals surface area contributed by atoms with Crippen molar-refractivity contribution in [3.05, 3.63) is 56.5 Å².